The van der Waals surface area contributed by atoms with Gasteiger partial charge in [-0.15, -0.1) is 0 Å². The first kappa shape index (κ1) is 13.6. The van der Waals surface area contributed by atoms with E-state index in [1.165, 1.54) is 0 Å². The van der Waals surface area contributed by atoms with Gasteiger partial charge in [0.05, 0.1) is 5.69 Å². The van der Waals surface area contributed by atoms with Crippen LogP contribution in [0.25, 0.3) is 0 Å². The Morgan fingerprint density at radius 2 is 1.95 bits per heavy atom. The highest BCUT2D eigenvalue weighted by atomic mass is 16.3. The van der Waals surface area contributed by atoms with Gasteiger partial charge in [-0.1, -0.05) is 0 Å². The molecule has 0 amide bonds. The van der Waals surface area contributed by atoms with Crippen molar-refractivity contribution in [1.29, 1.82) is 0 Å². The number of aliphatic hydroxyl groups excluding tert-OH is 1. The number of nitrogen functional groups attached to an aromatic ring is 1. The molecule has 0 bridgehead atoms. The lowest BCUT2D eigenvalue weighted by Gasteiger charge is -2.34. The molecular weight excluding hydrogens is 254 g/mol. The molecule has 3 rings (SSSR count). The van der Waals surface area contributed by atoms with Crippen molar-refractivity contribution < 1.29 is 5.11 Å². The second-order valence-electron chi connectivity index (χ2n) is 6.05. The minimum atomic E-state index is 0.283. The summed E-state index contributed by atoms with van der Waals surface area (Å²) >= 11 is 0. The highest BCUT2D eigenvalue weighted by Gasteiger charge is 2.30. The number of nitrogens with two attached hydrogens (primary N) is 2. The smallest absolute Gasteiger partial charge is 0.222 e. The third kappa shape index (κ3) is 2.71. The summed E-state index contributed by atoms with van der Waals surface area (Å²) in [5, 5.41) is 9.20. The zero-order valence-corrected chi connectivity index (χ0v) is 11.7. The number of piperidine rings is 1. The molecule has 1 aliphatic carbocycles. The van der Waals surface area contributed by atoms with Crippen LogP contribution in [0.2, 0.25) is 0 Å². The van der Waals surface area contributed by atoms with E-state index >= 15 is 0 Å². The molecule has 0 unspecified atom stereocenters. The Kier molecular flexibility index (Phi) is 3.76. The number of hydrogen-bond acceptors (Lipinski definition) is 6. The van der Waals surface area contributed by atoms with Gasteiger partial charge in [0.25, 0.3) is 0 Å². The summed E-state index contributed by atoms with van der Waals surface area (Å²) < 4.78 is 0. The van der Waals surface area contributed by atoms with E-state index in [-0.39, 0.29) is 6.61 Å². The lowest BCUT2D eigenvalue weighted by Crippen LogP contribution is -2.37. The van der Waals surface area contributed by atoms with Crippen molar-refractivity contribution >= 4 is 11.8 Å². The highest BCUT2D eigenvalue weighted by Crippen LogP contribution is 2.36. The molecular formula is C14H23N5O. The first-order valence-corrected chi connectivity index (χ1v) is 7.41. The molecule has 6 heteroatoms. The van der Waals surface area contributed by atoms with Gasteiger partial charge in [0.1, 0.15) is 5.82 Å². The maximum atomic E-state index is 9.20. The predicted molar refractivity (Wildman–Crippen MR) is 78.4 cm³/mol. The fourth-order valence-electron chi connectivity index (χ4n) is 3.09. The second kappa shape index (κ2) is 5.54. The van der Waals surface area contributed by atoms with Crippen LogP contribution in [0.4, 0.5) is 11.8 Å². The Morgan fingerprint density at radius 3 is 2.55 bits per heavy atom. The molecule has 1 aromatic heterocycles. The molecule has 110 valence electrons. The maximum Gasteiger partial charge on any atom is 0.222 e. The van der Waals surface area contributed by atoms with Crippen LogP contribution in [-0.2, 0) is 0 Å². The summed E-state index contributed by atoms with van der Waals surface area (Å²) in [5.41, 5.74) is 12.7. The SMILES string of the molecule is Nc1nc(C2CC(N)C2)cc(N2CCC(CO)CC2)n1. The van der Waals surface area contributed by atoms with E-state index in [4.69, 9.17) is 11.5 Å². The Hall–Kier alpha value is -1.40. The molecule has 2 heterocycles. The highest BCUT2D eigenvalue weighted by molar-refractivity contribution is 5.45. The van der Waals surface area contributed by atoms with Crippen molar-refractivity contribution in [2.45, 2.75) is 37.6 Å². The number of aromatic nitrogens is 2. The van der Waals surface area contributed by atoms with Gasteiger partial charge < -0.3 is 21.5 Å². The summed E-state index contributed by atoms with van der Waals surface area (Å²) in [5.74, 6) is 2.13. The molecule has 5 N–H and O–H groups in total. The van der Waals surface area contributed by atoms with Gasteiger partial charge in [-0.25, -0.2) is 4.98 Å². The number of aliphatic hydroxyl groups is 1. The quantitative estimate of drug-likeness (QED) is 0.742. The topological polar surface area (TPSA) is 101 Å². The number of anilines is 2. The van der Waals surface area contributed by atoms with Crippen LogP contribution in [0.1, 0.15) is 37.3 Å². The van der Waals surface area contributed by atoms with Crippen molar-refractivity contribution in [3.8, 4) is 0 Å². The van der Waals surface area contributed by atoms with Gasteiger partial charge in [-0.2, -0.15) is 4.98 Å². The zero-order valence-electron chi connectivity index (χ0n) is 11.7. The fraction of sp³-hybridized carbons (Fsp3) is 0.714. The number of hydrogen-bond donors (Lipinski definition) is 3. The van der Waals surface area contributed by atoms with Crippen molar-refractivity contribution in [3.05, 3.63) is 11.8 Å². The van der Waals surface area contributed by atoms with E-state index in [1.807, 2.05) is 0 Å². The summed E-state index contributed by atoms with van der Waals surface area (Å²) in [7, 11) is 0. The Labute approximate surface area is 119 Å². The van der Waals surface area contributed by atoms with E-state index in [0.29, 0.717) is 23.8 Å². The predicted octanol–water partition coefficient (Wildman–Crippen LogP) is 0.472. The van der Waals surface area contributed by atoms with E-state index in [0.717, 1.165) is 50.3 Å². The van der Waals surface area contributed by atoms with E-state index in [1.54, 1.807) is 0 Å². The van der Waals surface area contributed by atoms with Crippen LogP contribution >= 0.6 is 0 Å². The fourth-order valence-corrected chi connectivity index (χ4v) is 3.09. The van der Waals surface area contributed by atoms with E-state index in [2.05, 4.69) is 20.9 Å². The molecule has 0 aromatic carbocycles. The lowest BCUT2D eigenvalue weighted by atomic mass is 9.78. The first-order chi connectivity index (χ1) is 9.65. The largest absolute Gasteiger partial charge is 0.396 e. The summed E-state index contributed by atoms with van der Waals surface area (Å²) in [6.07, 6.45) is 3.99. The molecule has 2 aliphatic rings. The molecule has 2 fully saturated rings. The third-order valence-corrected chi connectivity index (χ3v) is 4.54. The van der Waals surface area contributed by atoms with Gasteiger partial charge in [0, 0.05) is 37.7 Å². The van der Waals surface area contributed by atoms with Gasteiger partial charge in [-0.3, -0.25) is 0 Å². The third-order valence-electron chi connectivity index (χ3n) is 4.54. The molecule has 1 aliphatic heterocycles. The monoisotopic (exact) mass is 277 g/mol. The van der Waals surface area contributed by atoms with Crippen LogP contribution in [0.5, 0.6) is 0 Å². The maximum absolute atomic E-state index is 9.20. The van der Waals surface area contributed by atoms with Crippen LogP contribution in [0.3, 0.4) is 0 Å². The molecule has 1 aromatic rings. The average Bonchev–Trinajstić information content (AvgIpc) is 2.43. The van der Waals surface area contributed by atoms with Crippen LogP contribution in [-0.4, -0.2) is 40.8 Å². The van der Waals surface area contributed by atoms with Crippen molar-refractivity contribution in [2.24, 2.45) is 11.7 Å². The van der Waals surface area contributed by atoms with Crippen molar-refractivity contribution in [3.63, 3.8) is 0 Å². The molecule has 0 spiro atoms. The first-order valence-electron chi connectivity index (χ1n) is 7.41. The van der Waals surface area contributed by atoms with E-state index in [9.17, 15) is 5.11 Å². The van der Waals surface area contributed by atoms with Crippen molar-refractivity contribution in [2.75, 3.05) is 30.3 Å². The van der Waals surface area contributed by atoms with Crippen LogP contribution in [0, 0.1) is 5.92 Å². The Bertz CT molecular complexity index is 467. The standard InChI is InChI=1S/C14H23N5O/c15-11-5-10(6-11)12-7-13(18-14(16)17-12)19-3-1-9(8-20)2-4-19/h7,9-11,20H,1-6,8,15H2,(H2,16,17,18). The molecule has 0 atom stereocenters. The number of nitrogens with zero attached hydrogens (tertiary/aromatic N) is 3. The van der Waals surface area contributed by atoms with Gasteiger partial charge in [0.2, 0.25) is 5.95 Å². The van der Waals surface area contributed by atoms with Gasteiger partial charge in [-0.05, 0) is 31.6 Å². The molecule has 0 radical (unpaired) electrons. The normalized spacial score (nSPS) is 27.4. The minimum absolute atomic E-state index is 0.283. The number of rotatable bonds is 3. The average molecular weight is 277 g/mol. The summed E-state index contributed by atoms with van der Waals surface area (Å²) in [6.45, 7) is 2.13. The Morgan fingerprint density at radius 1 is 1.25 bits per heavy atom. The van der Waals surface area contributed by atoms with Crippen LogP contribution in [0.15, 0.2) is 6.07 Å². The van der Waals surface area contributed by atoms with E-state index < -0.39 is 0 Å². The molecule has 6 nitrogen and oxygen atoms in total. The summed E-state index contributed by atoms with van der Waals surface area (Å²) in [4.78, 5) is 11.0. The van der Waals surface area contributed by atoms with Crippen molar-refractivity contribution in [1.82, 2.24) is 9.97 Å². The van der Waals surface area contributed by atoms with Crippen LogP contribution < -0.4 is 16.4 Å². The summed E-state index contributed by atoms with van der Waals surface area (Å²) in [6, 6.07) is 2.37. The minimum Gasteiger partial charge on any atom is -0.396 e. The molecule has 20 heavy (non-hydrogen) atoms. The second-order valence-corrected chi connectivity index (χ2v) is 6.05. The van der Waals surface area contributed by atoms with Gasteiger partial charge >= 0.3 is 0 Å². The molecule has 1 saturated heterocycles. The van der Waals surface area contributed by atoms with Gasteiger partial charge in [0.15, 0.2) is 0 Å². The Balaban J connectivity index is 1.73. The zero-order chi connectivity index (χ0) is 14.1. The lowest BCUT2D eigenvalue weighted by molar-refractivity contribution is 0.203. The molecule has 1 saturated carbocycles.